The highest BCUT2D eigenvalue weighted by Crippen LogP contribution is 2.31. The predicted molar refractivity (Wildman–Crippen MR) is 68.5 cm³/mol. The van der Waals surface area contributed by atoms with Crippen molar-refractivity contribution in [3.63, 3.8) is 0 Å². The van der Waals surface area contributed by atoms with Crippen molar-refractivity contribution in [2.75, 3.05) is 0 Å². The number of halogens is 1. The second kappa shape index (κ2) is 6.43. The van der Waals surface area contributed by atoms with Crippen LogP contribution >= 0.6 is 21.0 Å². The van der Waals surface area contributed by atoms with Gasteiger partial charge in [0.2, 0.25) is 0 Å². The van der Waals surface area contributed by atoms with Gasteiger partial charge < -0.3 is 0 Å². The van der Waals surface area contributed by atoms with Crippen molar-refractivity contribution in [3.8, 4) is 0 Å². The average Bonchev–Trinajstić information content (AvgIpc) is 2.21. The maximum absolute atomic E-state index is 2.27. The van der Waals surface area contributed by atoms with Gasteiger partial charge in [0, 0.05) is 0 Å². The Morgan fingerprint density at radius 3 is 2.21 bits per heavy atom. The molecule has 2 rings (SSSR count). The lowest BCUT2D eigenvalue weighted by Gasteiger charge is -2.21. The van der Waals surface area contributed by atoms with E-state index in [9.17, 15) is 0 Å². The van der Waals surface area contributed by atoms with E-state index in [4.69, 9.17) is 0 Å². The molecule has 1 aromatic rings. The van der Waals surface area contributed by atoms with Gasteiger partial charge in [0.25, 0.3) is 0 Å². The summed E-state index contributed by atoms with van der Waals surface area (Å²) in [5, 5.41) is 1.55. The molecule has 1 fully saturated rings. The first-order valence-electron chi connectivity index (χ1n) is 5.27. The Morgan fingerprint density at radius 2 is 1.57 bits per heavy atom. The first-order chi connectivity index (χ1) is 6.45. The van der Waals surface area contributed by atoms with Crippen LogP contribution < -0.4 is 5.30 Å². The molecule has 0 spiro atoms. The summed E-state index contributed by atoms with van der Waals surface area (Å²) in [5.74, 6) is 0. The second-order valence-electron chi connectivity index (χ2n) is 3.85. The van der Waals surface area contributed by atoms with Crippen LogP contribution in [0.2, 0.25) is 0 Å². The third-order valence-corrected chi connectivity index (χ3v) is 4.40. The average molecular weight is 229 g/mol. The lowest BCUT2D eigenvalue weighted by Crippen LogP contribution is -2.10. The maximum Gasteiger partial charge on any atom is -0.0196 e. The third-order valence-electron chi connectivity index (χ3n) is 2.75. The van der Waals surface area contributed by atoms with Gasteiger partial charge in [-0.25, -0.2) is 0 Å². The van der Waals surface area contributed by atoms with Gasteiger partial charge in [-0.05, 0) is 23.8 Å². The number of hydrogen-bond acceptors (Lipinski definition) is 0. The van der Waals surface area contributed by atoms with Crippen molar-refractivity contribution in [1.82, 2.24) is 0 Å². The van der Waals surface area contributed by atoms with Crippen LogP contribution in [-0.4, -0.2) is 5.66 Å². The topological polar surface area (TPSA) is 0 Å². The molecule has 78 valence electrons. The van der Waals surface area contributed by atoms with Crippen LogP contribution in [-0.2, 0) is 0 Å². The smallest absolute Gasteiger partial charge is 0.0196 e. The molecular formula is C12H18ClP. The normalized spacial score (nSPS) is 18.3. The second-order valence-corrected chi connectivity index (χ2v) is 5.53. The fraction of sp³-hybridized carbons (Fsp3) is 0.500. The Hall–Kier alpha value is -0.0600. The molecule has 0 saturated heterocycles. The van der Waals surface area contributed by atoms with Crippen LogP contribution in [0.4, 0.5) is 0 Å². The number of rotatable bonds is 2. The zero-order valence-corrected chi connectivity index (χ0v) is 10.2. The number of hydrogen-bond donors (Lipinski definition) is 0. The van der Waals surface area contributed by atoms with E-state index in [0.29, 0.717) is 0 Å². The molecule has 0 N–H and O–H groups in total. The van der Waals surface area contributed by atoms with E-state index < -0.39 is 0 Å². The first kappa shape index (κ1) is 12.0. The molecule has 1 aromatic carbocycles. The van der Waals surface area contributed by atoms with Gasteiger partial charge in [-0.2, -0.15) is 0 Å². The SMILES string of the molecule is Cl.c1ccc(PC2CCCCC2)cc1. The summed E-state index contributed by atoms with van der Waals surface area (Å²) in [4.78, 5) is 0. The lowest BCUT2D eigenvalue weighted by molar-refractivity contribution is 0.514. The van der Waals surface area contributed by atoms with Gasteiger partial charge >= 0.3 is 0 Å². The van der Waals surface area contributed by atoms with Gasteiger partial charge in [0.15, 0.2) is 0 Å². The summed E-state index contributed by atoms with van der Waals surface area (Å²) in [7, 11) is 1.05. The first-order valence-corrected chi connectivity index (χ1v) is 6.34. The van der Waals surface area contributed by atoms with E-state index in [-0.39, 0.29) is 12.4 Å². The zero-order chi connectivity index (χ0) is 8.93. The summed E-state index contributed by atoms with van der Waals surface area (Å²) in [6.07, 6.45) is 7.32. The largest absolute Gasteiger partial charge is 0.147 e. The van der Waals surface area contributed by atoms with Crippen molar-refractivity contribution in [2.45, 2.75) is 37.8 Å². The summed E-state index contributed by atoms with van der Waals surface area (Å²) < 4.78 is 0. The van der Waals surface area contributed by atoms with E-state index in [2.05, 4.69) is 30.3 Å². The number of benzene rings is 1. The van der Waals surface area contributed by atoms with E-state index in [0.717, 1.165) is 14.2 Å². The molecule has 0 amide bonds. The minimum Gasteiger partial charge on any atom is -0.147 e. The van der Waals surface area contributed by atoms with Crippen LogP contribution in [0, 0.1) is 0 Å². The van der Waals surface area contributed by atoms with Gasteiger partial charge in [-0.1, -0.05) is 58.2 Å². The standard InChI is InChI=1S/C12H17P.ClH/c1-3-7-11(8-4-1)13-12-9-5-2-6-10-12;/h1,3-4,7-8,12-13H,2,5-6,9-10H2;1H. The molecule has 0 aromatic heterocycles. The molecule has 0 radical (unpaired) electrons. The third kappa shape index (κ3) is 3.59. The molecule has 1 atom stereocenters. The fourth-order valence-corrected chi connectivity index (χ4v) is 3.57. The van der Waals surface area contributed by atoms with E-state index in [1.807, 2.05) is 0 Å². The maximum atomic E-state index is 2.27. The molecule has 1 aliphatic rings. The van der Waals surface area contributed by atoms with E-state index in [1.54, 1.807) is 5.30 Å². The van der Waals surface area contributed by atoms with E-state index >= 15 is 0 Å². The van der Waals surface area contributed by atoms with Crippen LogP contribution in [0.25, 0.3) is 0 Å². The molecule has 14 heavy (non-hydrogen) atoms. The summed E-state index contributed by atoms with van der Waals surface area (Å²) in [5.41, 5.74) is 0.996. The van der Waals surface area contributed by atoms with Crippen LogP contribution in [0.3, 0.4) is 0 Å². The molecule has 1 saturated carbocycles. The highest BCUT2D eigenvalue weighted by molar-refractivity contribution is 7.48. The molecule has 1 aliphatic carbocycles. The molecule has 1 unspecified atom stereocenters. The van der Waals surface area contributed by atoms with Gasteiger partial charge in [-0.3, -0.25) is 0 Å². The summed E-state index contributed by atoms with van der Waals surface area (Å²) >= 11 is 0. The molecule has 0 aliphatic heterocycles. The van der Waals surface area contributed by atoms with Crippen LogP contribution in [0.1, 0.15) is 32.1 Å². The van der Waals surface area contributed by atoms with Crippen molar-refractivity contribution in [3.05, 3.63) is 30.3 Å². The summed E-state index contributed by atoms with van der Waals surface area (Å²) in [6, 6.07) is 11.0. The monoisotopic (exact) mass is 228 g/mol. The van der Waals surface area contributed by atoms with Crippen molar-refractivity contribution < 1.29 is 0 Å². The van der Waals surface area contributed by atoms with Crippen LogP contribution in [0.5, 0.6) is 0 Å². The van der Waals surface area contributed by atoms with Gasteiger partial charge in [-0.15, -0.1) is 12.4 Å². The van der Waals surface area contributed by atoms with Crippen molar-refractivity contribution in [2.24, 2.45) is 0 Å². The highest BCUT2D eigenvalue weighted by Gasteiger charge is 2.13. The minimum absolute atomic E-state index is 0. The Kier molecular flexibility index (Phi) is 5.52. The minimum atomic E-state index is 0. The molecule has 0 nitrogen and oxygen atoms in total. The predicted octanol–water partition coefficient (Wildman–Crippen LogP) is 3.74. The molecule has 0 heterocycles. The Morgan fingerprint density at radius 1 is 0.929 bits per heavy atom. The van der Waals surface area contributed by atoms with Crippen LogP contribution in [0.15, 0.2) is 30.3 Å². The van der Waals surface area contributed by atoms with Crippen molar-refractivity contribution >= 4 is 26.3 Å². The van der Waals surface area contributed by atoms with E-state index in [1.165, 1.54) is 32.1 Å². The molecule has 0 bridgehead atoms. The Labute approximate surface area is 94.7 Å². The highest BCUT2D eigenvalue weighted by atomic mass is 35.5. The Bertz CT molecular complexity index is 242. The fourth-order valence-electron chi connectivity index (χ4n) is 2.02. The Balaban J connectivity index is 0.000000980. The quantitative estimate of drug-likeness (QED) is 0.677. The van der Waals surface area contributed by atoms with Gasteiger partial charge in [0.1, 0.15) is 0 Å². The summed E-state index contributed by atoms with van der Waals surface area (Å²) in [6.45, 7) is 0. The van der Waals surface area contributed by atoms with Gasteiger partial charge in [0.05, 0.1) is 0 Å². The van der Waals surface area contributed by atoms with Crippen molar-refractivity contribution in [1.29, 1.82) is 0 Å². The zero-order valence-electron chi connectivity index (χ0n) is 8.41. The lowest BCUT2D eigenvalue weighted by atomic mass is 10.0. The molecule has 2 heteroatoms. The molecular weight excluding hydrogens is 211 g/mol.